The number of fused-ring (bicyclic) bond motifs is 8. The molecule has 0 unspecified atom stereocenters. The molecule has 0 aliphatic rings. The highest BCUT2D eigenvalue weighted by Gasteiger charge is 2.18. The fraction of sp³-hybridized carbons (Fsp3) is 0. The van der Waals surface area contributed by atoms with Crippen LogP contribution < -0.4 is 5.56 Å². The van der Waals surface area contributed by atoms with E-state index in [9.17, 15) is 4.79 Å². The topological polar surface area (TPSA) is 31.3 Å². The molecule has 0 atom stereocenters. The van der Waals surface area contributed by atoms with Crippen LogP contribution in [0.5, 0.6) is 0 Å². The second kappa shape index (κ2) is 7.45. The van der Waals surface area contributed by atoms with E-state index < -0.39 is 0 Å². The highest BCUT2D eigenvalue weighted by Crippen LogP contribution is 2.36. The van der Waals surface area contributed by atoms with Crippen LogP contribution in [0.1, 0.15) is 0 Å². The van der Waals surface area contributed by atoms with Gasteiger partial charge in [0.05, 0.1) is 33.1 Å². The van der Waals surface area contributed by atoms with Crippen molar-refractivity contribution < 1.29 is 0 Å². The van der Waals surface area contributed by atoms with E-state index in [1.165, 1.54) is 16.3 Å². The Hall–Kier alpha value is -5.09. The molecular formula is C33H21N3O. The van der Waals surface area contributed by atoms with Crippen LogP contribution in [-0.2, 0) is 0 Å². The average Bonchev–Trinajstić information content (AvgIpc) is 3.48. The van der Waals surface area contributed by atoms with E-state index in [0.717, 1.165) is 39.0 Å². The van der Waals surface area contributed by atoms with Crippen molar-refractivity contribution in [3.63, 3.8) is 0 Å². The number of hydrogen-bond donors (Lipinski definition) is 0. The first-order valence-electron chi connectivity index (χ1n) is 12.4. The third-order valence-electron chi connectivity index (χ3n) is 7.41. The largest absolute Gasteiger partial charge is 0.309 e. The molecule has 0 fully saturated rings. The molecule has 0 bridgehead atoms. The number of nitrogens with zero attached hydrogens (tertiary/aromatic N) is 3. The van der Waals surface area contributed by atoms with Crippen molar-refractivity contribution in [3.05, 3.63) is 138 Å². The van der Waals surface area contributed by atoms with Crippen molar-refractivity contribution in [2.75, 3.05) is 0 Å². The standard InChI is InChI=1S/C33H21N3O/c37-33-26-16-8-10-18-29(26)36-30-21-31-27(19-22(30)20-32(36)35(33)24-13-5-2-6-14-24)25-15-7-9-17-28(25)34(31)23-11-3-1-4-12-23/h1-21H. The van der Waals surface area contributed by atoms with Gasteiger partial charge in [-0.2, -0.15) is 0 Å². The van der Waals surface area contributed by atoms with Gasteiger partial charge in [-0.3, -0.25) is 13.8 Å². The van der Waals surface area contributed by atoms with Crippen LogP contribution in [0.15, 0.2) is 132 Å². The lowest BCUT2D eigenvalue weighted by Crippen LogP contribution is -2.21. The second-order valence-corrected chi connectivity index (χ2v) is 9.45. The van der Waals surface area contributed by atoms with Gasteiger partial charge in [-0.25, -0.2) is 0 Å². The summed E-state index contributed by atoms with van der Waals surface area (Å²) in [6, 6.07) is 43.5. The second-order valence-electron chi connectivity index (χ2n) is 9.45. The van der Waals surface area contributed by atoms with E-state index in [1.807, 2.05) is 65.2 Å². The summed E-state index contributed by atoms with van der Waals surface area (Å²) in [5.74, 6) is 0. The molecule has 37 heavy (non-hydrogen) atoms. The van der Waals surface area contributed by atoms with Gasteiger partial charge in [0.25, 0.3) is 5.56 Å². The minimum Gasteiger partial charge on any atom is -0.309 e. The molecule has 4 nitrogen and oxygen atoms in total. The summed E-state index contributed by atoms with van der Waals surface area (Å²) in [5.41, 5.74) is 7.12. The Morgan fingerprint density at radius 2 is 1.03 bits per heavy atom. The fourth-order valence-electron chi connectivity index (χ4n) is 5.83. The van der Waals surface area contributed by atoms with Crippen molar-refractivity contribution in [2.24, 2.45) is 0 Å². The van der Waals surface area contributed by atoms with Crippen molar-refractivity contribution >= 4 is 49.3 Å². The van der Waals surface area contributed by atoms with Crippen LogP contribution in [0.4, 0.5) is 0 Å². The van der Waals surface area contributed by atoms with E-state index >= 15 is 0 Å². The van der Waals surface area contributed by atoms with Crippen molar-refractivity contribution in [1.82, 2.24) is 13.5 Å². The maximum Gasteiger partial charge on any atom is 0.266 e. The lowest BCUT2D eigenvalue weighted by Gasteiger charge is -2.12. The van der Waals surface area contributed by atoms with Gasteiger partial charge in [0.1, 0.15) is 5.65 Å². The molecule has 5 aromatic carbocycles. The fourth-order valence-corrected chi connectivity index (χ4v) is 5.83. The van der Waals surface area contributed by atoms with Gasteiger partial charge in [-0.05, 0) is 60.7 Å². The lowest BCUT2D eigenvalue weighted by molar-refractivity contribution is 1.01. The number of aromatic nitrogens is 3. The first kappa shape index (κ1) is 20.1. The monoisotopic (exact) mass is 475 g/mol. The molecule has 0 spiro atoms. The number of benzene rings is 5. The van der Waals surface area contributed by atoms with Crippen LogP contribution in [-0.4, -0.2) is 13.5 Å². The Balaban J connectivity index is 1.61. The maximum absolute atomic E-state index is 13.8. The summed E-state index contributed by atoms with van der Waals surface area (Å²) < 4.78 is 6.39. The molecule has 8 rings (SSSR count). The van der Waals surface area contributed by atoms with Crippen molar-refractivity contribution in [1.29, 1.82) is 0 Å². The number of rotatable bonds is 2. The third kappa shape index (κ3) is 2.75. The van der Waals surface area contributed by atoms with Gasteiger partial charge in [0.2, 0.25) is 0 Å². The van der Waals surface area contributed by atoms with Gasteiger partial charge < -0.3 is 4.57 Å². The van der Waals surface area contributed by atoms with Crippen molar-refractivity contribution in [3.8, 4) is 11.4 Å². The predicted octanol–water partition coefficient (Wildman–Crippen LogP) is 7.49. The molecule has 3 heterocycles. The molecule has 0 saturated carbocycles. The Labute approximate surface area is 211 Å². The third-order valence-corrected chi connectivity index (χ3v) is 7.41. The molecule has 4 heteroatoms. The number of hydrogen-bond acceptors (Lipinski definition) is 1. The minimum atomic E-state index is -0.0131. The Morgan fingerprint density at radius 3 is 1.76 bits per heavy atom. The smallest absolute Gasteiger partial charge is 0.266 e. The minimum absolute atomic E-state index is 0.0131. The summed E-state index contributed by atoms with van der Waals surface area (Å²) in [5, 5.41) is 4.20. The van der Waals surface area contributed by atoms with Gasteiger partial charge >= 0.3 is 0 Å². The SMILES string of the molecule is O=c1c2ccccc2n2c3cc4c(cc3cc2n1-c1ccccc1)c1ccccc1n4-c1ccccc1. The molecular weight excluding hydrogens is 454 g/mol. The van der Waals surface area contributed by atoms with Crippen LogP contribution in [0.25, 0.3) is 60.6 Å². The van der Waals surface area contributed by atoms with E-state index in [0.29, 0.717) is 5.39 Å². The zero-order valence-corrected chi connectivity index (χ0v) is 19.9. The summed E-state index contributed by atoms with van der Waals surface area (Å²) in [4.78, 5) is 13.8. The van der Waals surface area contributed by atoms with Crippen LogP contribution in [0.2, 0.25) is 0 Å². The first-order chi connectivity index (χ1) is 18.3. The van der Waals surface area contributed by atoms with Gasteiger partial charge in [0, 0.05) is 21.8 Å². The van der Waals surface area contributed by atoms with E-state index in [1.54, 1.807) is 0 Å². The molecule has 0 saturated heterocycles. The van der Waals surface area contributed by atoms with E-state index in [4.69, 9.17) is 0 Å². The first-order valence-corrected chi connectivity index (χ1v) is 12.4. The normalized spacial score (nSPS) is 11.9. The molecule has 0 aliphatic heterocycles. The quantitative estimate of drug-likeness (QED) is 0.255. The molecule has 174 valence electrons. The molecule has 0 radical (unpaired) electrons. The van der Waals surface area contributed by atoms with Gasteiger partial charge in [-0.1, -0.05) is 66.7 Å². The zero-order chi connectivity index (χ0) is 24.5. The highest BCUT2D eigenvalue weighted by atomic mass is 16.1. The van der Waals surface area contributed by atoms with Crippen LogP contribution in [0, 0.1) is 0 Å². The average molecular weight is 476 g/mol. The van der Waals surface area contributed by atoms with Crippen molar-refractivity contribution in [2.45, 2.75) is 0 Å². The summed E-state index contributed by atoms with van der Waals surface area (Å²) in [7, 11) is 0. The lowest BCUT2D eigenvalue weighted by atomic mass is 10.1. The molecule has 3 aromatic heterocycles. The zero-order valence-electron chi connectivity index (χ0n) is 19.9. The summed E-state index contributed by atoms with van der Waals surface area (Å²) in [6.45, 7) is 0. The predicted molar refractivity (Wildman–Crippen MR) is 152 cm³/mol. The Morgan fingerprint density at radius 1 is 0.432 bits per heavy atom. The summed E-state index contributed by atoms with van der Waals surface area (Å²) in [6.07, 6.45) is 0. The highest BCUT2D eigenvalue weighted by molar-refractivity contribution is 6.14. The van der Waals surface area contributed by atoms with Gasteiger partial charge in [-0.15, -0.1) is 0 Å². The molecule has 8 aromatic rings. The molecule has 0 amide bonds. The van der Waals surface area contributed by atoms with Crippen LogP contribution >= 0.6 is 0 Å². The van der Waals surface area contributed by atoms with E-state index in [2.05, 4.69) is 75.7 Å². The maximum atomic E-state index is 13.8. The molecule has 0 N–H and O–H groups in total. The van der Waals surface area contributed by atoms with Crippen LogP contribution in [0.3, 0.4) is 0 Å². The van der Waals surface area contributed by atoms with E-state index in [-0.39, 0.29) is 5.56 Å². The summed E-state index contributed by atoms with van der Waals surface area (Å²) >= 11 is 0. The Bertz CT molecular complexity index is 2200. The van der Waals surface area contributed by atoms with Gasteiger partial charge in [0.15, 0.2) is 0 Å². The number of para-hydroxylation sites is 4. The Kier molecular flexibility index (Phi) is 4.06. The molecule has 0 aliphatic carbocycles.